The molecule has 0 unspecified atom stereocenters. The lowest BCUT2D eigenvalue weighted by Crippen LogP contribution is -2.17. The fourth-order valence-corrected chi connectivity index (χ4v) is 2.09. The van der Waals surface area contributed by atoms with Crippen LogP contribution in [0.1, 0.15) is 29.8 Å². The van der Waals surface area contributed by atoms with Gasteiger partial charge in [-0.15, -0.1) is 0 Å². The number of pyridine rings is 1. The zero-order valence-corrected chi connectivity index (χ0v) is 11.3. The Bertz CT molecular complexity index is 590. The molecule has 1 aliphatic carbocycles. The second-order valence-electron chi connectivity index (χ2n) is 5.15. The summed E-state index contributed by atoms with van der Waals surface area (Å²) < 4.78 is 0. The van der Waals surface area contributed by atoms with Crippen LogP contribution in [0.4, 0.5) is 0 Å². The Morgan fingerprint density at radius 3 is 2.84 bits per heavy atom. The van der Waals surface area contributed by atoms with Gasteiger partial charge in [0.05, 0.1) is 5.69 Å². The van der Waals surface area contributed by atoms with Crippen LogP contribution in [0, 0.1) is 13.8 Å². The van der Waals surface area contributed by atoms with Gasteiger partial charge in [0, 0.05) is 24.5 Å². The molecule has 0 aromatic carbocycles. The molecule has 4 heteroatoms. The van der Waals surface area contributed by atoms with E-state index in [1.165, 1.54) is 12.8 Å². The molecule has 0 saturated heterocycles. The van der Waals surface area contributed by atoms with E-state index in [9.17, 15) is 0 Å². The van der Waals surface area contributed by atoms with Crippen LogP contribution in [-0.4, -0.2) is 21.0 Å². The maximum atomic E-state index is 4.63. The van der Waals surface area contributed by atoms with Crippen molar-refractivity contribution in [1.82, 2.24) is 20.3 Å². The molecule has 0 bridgehead atoms. The van der Waals surface area contributed by atoms with Gasteiger partial charge in [-0.3, -0.25) is 4.98 Å². The largest absolute Gasteiger partial charge is 0.308 e. The van der Waals surface area contributed by atoms with Crippen molar-refractivity contribution in [3.8, 4) is 11.5 Å². The molecule has 2 aromatic heterocycles. The number of hydrogen-bond donors (Lipinski definition) is 1. The van der Waals surface area contributed by atoms with E-state index in [4.69, 9.17) is 0 Å². The van der Waals surface area contributed by atoms with E-state index in [0.29, 0.717) is 6.04 Å². The van der Waals surface area contributed by atoms with Crippen molar-refractivity contribution in [2.24, 2.45) is 0 Å². The van der Waals surface area contributed by atoms with Crippen LogP contribution in [0.2, 0.25) is 0 Å². The van der Waals surface area contributed by atoms with Crippen molar-refractivity contribution >= 4 is 0 Å². The van der Waals surface area contributed by atoms with E-state index in [2.05, 4.69) is 20.3 Å². The van der Waals surface area contributed by atoms with Gasteiger partial charge in [-0.2, -0.15) is 0 Å². The van der Waals surface area contributed by atoms with Crippen LogP contribution in [0.15, 0.2) is 24.4 Å². The van der Waals surface area contributed by atoms with Crippen LogP contribution >= 0.6 is 0 Å². The molecule has 4 nitrogen and oxygen atoms in total. The molecule has 0 amide bonds. The molecule has 0 spiro atoms. The van der Waals surface area contributed by atoms with Crippen LogP contribution < -0.4 is 5.32 Å². The summed E-state index contributed by atoms with van der Waals surface area (Å²) in [5.74, 6) is 0.727. The summed E-state index contributed by atoms with van der Waals surface area (Å²) in [7, 11) is 0. The Morgan fingerprint density at radius 2 is 2.11 bits per heavy atom. The lowest BCUT2D eigenvalue weighted by Gasteiger charge is -2.08. The van der Waals surface area contributed by atoms with Crippen molar-refractivity contribution in [3.05, 3.63) is 41.3 Å². The Balaban J connectivity index is 1.90. The Morgan fingerprint density at radius 1 is 1.26 bits per heavy atom. The number of hydrogen-bond acceptors (Lipinski definition) is 4. The molecule has 1 N–H and O–H groups in total. The normalized spacial score (nSPS) is 14.6. The first-order valence-corrected chi connectivity index (χ1v) is 6.72. The van der Waals surface area contributed by atoms with Crippen LogP contribution in [0.5, 0.6) is 0 Å². The summed E-state index contributed by atoms with van der Waals surface area (Å²) >= 11 is 0. The van der Waals surface area contributed by atoms with Crippen LogP contribution in [0.25, 0.3) is 11.5 Å². The summed E-state index contributed by atoms with van der Waals surface area (Å²) in [6.45, 7) is 4.85. The van der Waals surface area contributed by atoms with Gasteiger partial charge in [-0.1, -0.05) is 6.07 Å². The van der Waals surface area contributed by atoms with E-state index < -0.39 is 0 Å². The molecule has 19 heavy (non-hydrogen) atoms. The highest BCUT2D eigenvalue weighted by Gasteiger charge is 2.20. The number of aromatic nitrogens is 3. The van der Waals surface area contributed by atoms with Gasteiger partial charge >= 0.3 is 0 Å². The quantitative estimate of drug-likeness (QED) is 0.910. The second kappa shape index (κ2) is 5.05. The molecular formula is C15H18N4. The topological polar surface area (TPSA) is 50.7 Å². The summed E-state index contributed by atoms with van der Waals surface area (Å²) in [6, 6.07) is 6.70. The van der Waals surface area contributed by atoms with Gasteiger partial charge in [0.15, 0.2) is 5.82 Å². The van der Waals surface area contributed by atoms with E-state index in [1.54, 1.807) is 6.20 Å². The van der Waals surface area contributed by atoms with E-state index in [1.807, 2.05) is 32.0 Å². The average molecular weight is 254 g/mol. The molecule has 98 valence electrons. The van der Waals surface area contributed by atoms with Gasteiger partial charge in [-0.25, -0.2) is 9.97 Å². The molecule has 2 aromatic rings. The first-order chi connectivity index (χ1) is 9.22. The zero-order chi connectivity index (χ0) is 13.2. The minimum atomic E-state index is 0.690. The van der Waals surface area contributed by atoms with E-state index in [-0.39, 0.29) is 0 Å². The predicted molar refractivity (Wildman–Crippen MR) is 74.6 cm³/mol. The van der Waals surface area contributed by atoms with Crippen molar-refractivity contribution in [1.29, 1.82) is 0 Å². The van der Waals surface area contributed by atoms with Crippen molar-refractivity contribution < 1.29 is 0 Å². The van der Waals surface area contributed by atoms with Gasteiger partial charge in [-0.05, 0) is 44.4 Å². The summed E-state index contributed by atoms with van der Waals surface area (Å²) in [5.41, 5.74) is 4.01. The molecule has 1 fully saturated rings. The molecule has 0 atom stereocenters. The number of aryl methyl sites for hydroxylation is 2. The van der Waals surface area contributed by atoms with Crippen molar-refractivity contribution in [2.75, 3.05) is 0 Å². The average Bonchev–Trinajstić information content (AvgIpc) is 3.20. The van der Waals surface area contributed by atoms with Crippen LogP contribution in [-0.2, 0) is 6.54 Å². The van der Waals surface area contributed by atoms with Crippen molar-refractivity contribution in [3.63, 3.8) is 0 Å². The first-order valence-electron chi connectivity index (χ1n) is 6.72. The molecule has 0 aliphatic heterocycles. The second-order valence-corrected chi connectivity index (χ2v) is 5.15. The smallest absolute Gasteiger partial charge is 0.178 e. The third-order valence-electron chi connectivity index (χ3n) is 3.28. The molecule has 2 heterocycles. The van der Waals surface area contributed by atoms with Gasteiger partial charge < -0.3 is 5.32 Å². The maximum absolute atomic E-state index is 4.63. The number of nitrogens with one attached hydrogen (secondary N) is 1. The standard InChI is InChI=1S/C15H18N4/c1-10-4-3-7-16-14(10)15-18-11(2)8-13(19-15)9-17-12-5-6-12/h3-4,7-8,12,17H,5-6,9H2,1-2H3. The minimum Gasteiger partial charge on any atom is -0.308 e. The highest BCUT2D eigenvalue weighted by Crippen LogP contribution is 2.20. The minimum absolute atomic E-state index is 0.690. The maximum Gasteiger partial charge on any atom is 0.178 e. The first kappa shape index (κ1) is 12.2. The third-order valence-corrected chi connectivity index (χ3v) is 3.28. The predicted octanol–water partition coefficient (Wildman–Crippen LogP) is 2.41. The molecule has 1 saturated carbocycles. The van der Waals surface area contributed by atoms with E-state index >= 15 is 0 Å². The SMILES string of the molecule is Cc1cc(CNC2CC2)nc(-c2ncccc2C)n1. The molecule has 0 radical (unpaired) electrons. The number of nitrogens with zero attached hydrogens (tertiary/aromatic N) is 3. The highest BCUT2D eigenvalue weighted by atomic mass is 15.0. The lowest BCUT2D eigenvalue weighted by atomic mass is 10.2. The van der Waals surface area contributed by atoms with Crippen molar-refractivity contribution in [2.45, 2.75) is 39.3 Å². The Hall–Kier alpha value is -1.81. The van der Waals surface area contributed by atoms with Gasteiger partial charge in [0.25, 0.3) is 0 Å². The number of rotatable bonds is 4. The molecule has 3 rings (SSSR count). The monoisotopic (exact) mass is 254 g/mol. The Labute approximate surface area is 113 Å². The fourth-order valence-electron chi connectivity index (χ4n) is 2.09. The highest BCUT2D eigenvalue weighted by molar-refractivity contribution is 5.54. The summed E-state index contributed by atoms with van der Waals surface area (Å²) in [5, 5.41) is 3.48. The third kappa shape index (κ3) is 2.96. The van der Waals surface area contributed by atoms with E-state index in [0.717, 1.165) is 35.0 Å². The summed E-state index contributed by atoms with van der Waals surface area (Å²) in [4.78, 5) is 13.5. The zero-order valence-electron chi connectivity index (χ0n) is 11.3. The van der Waals surface area contributed by atoms with Gasteiger partial charge in [0.2, 0.25) is 0 Å². The van der Waals surface area contributed by atoms with Crippen LogP contribution in [0.3, 0.4) is 0 Å². The summed E-state index contributed by atoms with van der Waals surface area (Å²) in [6.07, 6.45) is 4.36. The molecule has 1 aliphatic rings. The lowest BCUT2D eigenvalue weighted by molar-refractivity contribution is 0.672. The fraction of sp³-hybridized carbons (Fsp3) is 0.400. The molecular weight excluding hydrogens is 236 g/mol. The Kier molecular flexibility index (Phi) is 3.25. The van der Waals surface area contributed by atoms with Gasteiger partial charge in [0.1, 0.15) is 5.69 Å².